The number of aromatic carboxylic acids is 1. The van der Waals surface area contributed by atoms with Gasteiger partial charge in [-0.2, -0.15) is 5.10 Å². The Morgan fingerprint density at radius 1 is 1.11 bits per heavy atom. The Morgan fingerprint density at radius 3 is 2.70 bits per heavy atom. The number of fused-ring (bicyclic) bond motifs is 1. The summed E-state index contributed by atoms with van der Waals surface area (Å²) in [5.41, 5.74) is 6.07. The van der Waals surface area contributed by atoms with Crippen LogP contribution in [0.4, 0.5) is 0 Å². The molecule has 0 spiro atoms. The van der Waals surface area contributed by atoms with Crippen molar-refractivity contribution in [2.24, 2.45) is 0 Å². The summed E-state index contributed by atoms with van der Waals surface area (Å²) in [6, 6.07) is 11.2. The number of rotatable bonds is 3. The molecule has 3 heterocycles. The molecule has 0 saturated heterocycles. The normalized spacial score (nSPS) is 11.1. The van der Waals surface area contributed by atoms with Gasteiger partial charge >= 0.3 is 5.97 Å². The van der Waals surface area contributed by atoms with Crippen molar-refractivity contribution in [1.29, 1.82) is 0 Å². The van der Waals surface area contributed by atoms with Crippen LogP contribution in [0.2, 0.25) is 0 Å². The average Bonchev–Trinajstić information content (AvgIpc) is 3.04. The number of carbonyl (C=O) groups is 1. The first-order chi connectivity index (χ1) is 13.0. The lowest BCUT2D eigenvalue weighted by Gasteiger charge is -2.10. The minimum absolute atomic E-state index is 0.182. The summed E-state index contributed by atoms with van der Waals surface area (Å²) in [5.74, 6) is -1.00. The number of carboxylic acids is 1. The zero-order chi connectivity index (χ0) is 19.1. The topological polar surface area (TPSA) is 80.9 Å². The van der Waals surface area contributed by atoms with Crippen LogP contribution in [0.3, 0.4) is 0 Å². The number of hydrogen-bond acceptors (Lipinski definition) is 4. The highest BCUT2D eigenvalue weighted by atomic mass is 16.4. The molecule has 134 valence electrons. The lowest BCUT2D eigenvalue weighted by molar-refractivity contribution is 0.0699. The molecular formula is C21H18N4O2. The van der Waals surface area contributed by atoms with Crippen molar-refractivity contribution in [3.8, 4) is 16.9 Å². The van der Waals surface area contributed by atoms with Crippen molar-refractivity contribution in [1.82, 2.24) is 19.7 Å². The lowest BCUT2D eigenvalue weighted by atomic mass is 10.1. The number of aryl methyl sites for hydroxylation is 2. The van der Waals surface area contributed by atoms with E-state index in [0.717, 1.165) is 28.1 Å². The van der Waals surface area contributed by atoms with E-state index in [1.807, 2.05) is 25.5 Å². The molecule has 0 saturated carbocycles. The molecule has 0 fully saturated rings. The van der Waals surface area contributed by atoms with Gasteiger partial charge in [0.15, 0.2) is 5.65 Å². The van der Waals surface area contributed by atoms with Crippen molar-refractivity contribution < 1.29 is 9.90 Å². The Hall–Kier alpha value is -3.54. The van der Waals surface area contributed by atoms with Crippen LogP contribution in [0.25, 0.3) is 28.0 Å². The highest BCUT2D eigenvalue weighted by molar-refractivity contribution is 6.02. The Labute approximate surface area is 156 Å². The van der Waals surface area contributed by atoms with E-state index < -0.39 is 5.97 Å². The molecule has 0 aliphatic rings. The van der Waals surface area contributed by atoms with Crippen LogP contribution in [0.15, 0.2) is 48.8 Å². The molecule has 0 aliphatic carbocycles. The number of hydrogen-bond donors (Lipinski definition) is 1. The molecule has 0 bridgehead atoms. The van der Waals surface area contributed by atoms with Gasteiger partial charge < -0.3 is 5.11 Å². The number of benzene rings is 1. The number of carboxylic acid groups (broad SMARTS) is 1. The van der Waals surface area contributed by atoms with Gasteiger partial charge in [-0.25, -0.2) is 19.4 Å². The zero-order valence-electron chi connectivity index (χ0n) is 15.3. The van der Waals surface area contributed by atoms with Gasteiger partial charge in [-0.3, -0.25) is 0 Å². The first kappa shape index (κ1) is 16.9. The Kier molecular flexibility index (Phi) is 3.96. The van der Waals surface area contributed by atoms with Gasteiger partial charge in [-0.1, -0.05) is 12.1 Å². The second-order valence-corrected chi connectivity index (χ2v) is 6.58. The molecule has 0 aliphatic heterocycles. The van der Waals surface area contributed by atoms with Crippen molar-refractivity contribution >= 4 is 17.0 Å². The van der Waals surface area contributed by atoms with E-state index in [4.69, 9.17) is 0 Å². The lowest BCUT2D eigenvalue weighted by Crippen LogP contribution is -2.03. The molecular weight excluding hydrogens is 340 g/mol. The van der Waals surface area contributed by atoms with E-state index >= 15 is 0 Å². The fraction of sp³-hybridized carbons (Fsp3) is 0.143. The monoisotopic (exact) mass is 358 g/mol. The summed E-state index contributed by atoms with van der Waals surface area (Å²) in [7, 11) is 0. The third-order valence-electron chi connectivity index (χ3n) is 4.69. The van der Waals surface area contributed by atoms with Gasteiger partial charge in [-0.15, -0.1) is 0 Å². The number of pyridine rings is 2. The molecule has 27 heavy (non-hydrogen) atoms. The smallest absolute Gasteiger partial charge is 0.336 e. The average molecular weight is 358 g/mol. The van der Waals surface area contributed by atoms with E-state index in [2.05, 4.69) is 33.3 Å². The van der Waals surface area contributed by atoms with E-state index in [9.17, 15) is 9.90 Å². The highest BCUT2D eigenvalue weighted by Gasteiger charge is 2.17. The van der Waals surface area contributed by atoms with E-state index in [0.29, 0.717) is 16.7 Å². The summed E-state index contributed by atoms with van der Waals surface area (Å²) in [6.45, 7) is 6.03. The highest BCUT2D eigenvalue weighted by Crippen LogP contribution is 2.28. The van der Waals surface area contributed by atoms with Crippen molar-refractivity contribution in [2.45, 2.75) is 20.8 Å². The van der Waals surface area contributed by atoms with Gasteiger partial charge in [0.2, 0.25) is 0 Å². The molecule has 6 heteroatoms. The molecule has 3 aromatic heterocycles. The molecule has 1 aromatic carbocycles. The summed E-state index contributed by atoms with van der Waals surface area (Å²) < 4.78 is 1.86. The maximum atomic E-state index is 11.7. The molecule has 0 amide bonds. The predicted molar refractivity (Wildman–Crippen MR) is 103 cm³/mol. The fourth-order valence-electron chi connectivity index (χ4n) is 3.22. The molecule has 1 N–H and O–H groups in total. The quantitative estimate of drug-likeness (QED) is 0.596. The Balaban J connectivity index is 1.92. The van der Waals surface area contributed by atoms with E-state index in [1.165, 1.54) is 0 Å². The van der Waals surface area contributed by atoms with Gasteiger partial charge in [0, 0.05) is 17.1 Å². The molecule has 6 nitrogen and oxygen atoms in total. The van der Waals surface area contributed by atoms with Gasteiger partial charge in [-0.05, 0) is 56.2 Å². The van der Waals surface area contributed by atoms with Gasteiger partial charge in [0.05, 0.1) is 28.8 Å². The minimum atomic E-state index is -1.00. The summed E-state index contributed by atoms with van der Waals surface area (Å²) in [4.78, 5) is 20.5. The fourth-order valence-corrected chi connectivity index (χ4v) is 3.22. The van der Waals surface area contributed by atoms with Gasteiger partial charge in [0.25, 0.3) is 0 Å². The molecule has 0 radical (unpaired) electrons. The first-order valence-electron chi connectivity index (χ1n) is 8.57. The van der Waals surface area contributed by atoms with E-state index in [1.54, 1.807) is 30.6 Å². The standard InChI is InChI=1S/C21H18N4O2/c1-12-6-7-13(2)19(9-12)25-14(3)17(11-23-25)18-10-16(21(26)27)15-5-4-8-22-20(15)24-18/h4-11H,1-3H3,(H,26,27). The van der Waals surface area contributed by atoms with Crippen LogP contribution < -0.4 is 0 Å². The Morgan fingerprint density at radius 2 is 1.93 bits per heavy atom. The minimum Gasteiger partial charge on any atom is -0.478 e. The number of nitrogens with zero attached hydrogens (tertiary/aromatic N) is 4. The van der Waals surface area contributed by atoms with Crippen LogP contribution in [-0.4, -0.2) is 30.8 Å². The first-order valence-corrected chi connectivity index (χ1v) is 8.57. The summed E-state index contributed by atoms with van der Waals surface area (Å²) >= 11 is 0. The molecule has 4 aromatic rings. The molecule has 0 atom stereocenters. The largest absolute Gasteiger partial charge is 0.478 e. The van der Waals surface area contributed by atoms with Crippen LogP contribution in [0.1, 0.15) is 27.2 Å². The summed E-state index contributed by atoms with van der Waals surface area (Å²) in [6.07, 6.45) is 3.33. The number of aromatic nitrogens is 4. The van der Waals surface area contributed by atoms with Crippen LogP contribution in [-0.2, 0) is 0 Å². The van der Waals surface area contributed by atoms with Crippen molar-refractivity contribution in [2.75, 3.05) is 0 Å². The third kappa shape index (κ3) is 2.85. The SMILES string of the molecule is Cc1ccc(C)c(-n2ncc(-c3cc(C(=O)O)c4cccnc4n3)c2C)c1. The molecule has 0 unspecified atom stereocenters. The predicted octanol–water partition coefficient (Wildman–Crippen LogP) is 4.11. The van der Waals surface area contributed by atoms with Crippen LogP contribution in [0, 0.1) is 20.8 Å². The second kappa shape index (κ2) is 6.32. The van der Waals surface area contributed by atoms with E-state index in [-0.39, 0.29) is 5.56 Å². The van der Waals surface area contributed by atoms with Crippen LogP contribution >= 0.6 is 0 Å². The van der Waals surface area contributed by atoms with Gasteiger partial charge in [0.1, 0.15) is 0 Å². The third-order valence-corrected chi connectivity index (χ3v) is 4.69. The Bertz CT molecular complexity index is 1190. The van der Waals surface area contributed by atoms with Crippen LogP contribution in [0.5, 0.6) is 0 Å². The van der Waals surface area contributed by atoms with Crippen molar-refractivity contribution in [3.05, 3.63) is 71.2 Å². The molecule has 4 rings (SSSR count). The summed E-state index contributed by atoms with van der Waals surface area (Å²) in [5, 5.41) is 14.6. The van der Waals surface area contributed by atoms with Crippen molar-refractivity contribution in [3.63, 3.8) is 0 Å². The maximum absolute atomic E-state index is 11.7. The zero-order valence-corrected chi connectivity index (χ0v) is 15.3. The maximum Gasteiger partial charge on any atom is 0.336 e. The second-order valence-electron chi connectivity index (χ2n) is 6.58.